The molecule has 8 heteroatoms. The number of Topliss-reactive ketones (excluding diaryl/α,β-unsaturated/α-hetero) is 1. The molecule has 36 heavy (non-hydrogen) atoms. The third-order valence-corrected chi connectivity index (χ3v) is 6.49. The number of carbonyl (C=O) groups excluding carboxylic acids is 3. The van der Waals surface area contributed by atoms with Crippen molar-refractivity contribution in [2.45, 2.75) is 26.2 Å². The van der Waals surface area contributed by atoms with Gasteiger partial charge in [0.2, 0.25) is 0 Å². The molecule has 7 nitrogen and oxygen atoms in total. The van der Waals surface area contributed by atoms with Gasteiger partial charge in [-0.2, -0.15) is 0 Å². The summed E-state index contributed by atoms with van der Waals surface area (Å²) in [5, 5.41) is 3.20. The van der Waals surface area contributed by atoms with Gasteiger partial charge in [0.15, 0.2) is 5.78 Å². The van der Waals surface area contributed by atoms with Gasteiger partial charge in [-0.15, -0.1) is 0 Å². The van der Waals surface area contributed by atoms with E-state index >= 15 is 0 Å². The van der Waals surface area contributed by atoms with E-state index in [9.17, 15) is 18.8 Å². The number of benzene rings is 2. The van der Waals surface area contributed by atoms with Crippen LogP contribution in [0.3, 0.4) is 0 Å². The first-order valence-electron chi connectivity index (χ1n) is 11.7. The Hall–Kier alpha value is -3.94. The molecule has 0 amide bonds. The molecule has 0 saturated carbocycles. The predicted molar refractivity (Wildman–Crippen MR) is 129 cm³/mol. The lowest BCUT2D eigenvalue weighted by molar-refractivity contribution is -0.151. The number of carbonyl (C=O) groups is 3. The van der Waals surface area contributed by atoms with Crippen LogP contribution in [0, 0.1) is 17.7 Å². The Bertz CT molecular complexity index is 1220. The highest BCUT2D eigenvalue weighted by Crippen LogP contribution is 2.45. The average Bonchev–Trinajstić information content (AvgIpc) is 2.86. The van der Waals surface area contributed by atoms with Gasteiger partial charge in [0.25, 0.3) is 0 Å². The van der Waals surface area contributed by atoms with Crippen LogP contribution in [0.1, 0.15) is 31.7 Å². The van der Waals surface area contributed by atoms with Crippen molar-refractivity contribution < 1.29 is 33.0 Å². The standard InChI is InChI=1S/C28H28FNO6/c1-16-15-21-25(26(31)22(16)27(32)34-3)24(18-9-11-19(29)12-10-18)23(17(2)30-21)28(33)36-14-13-35-20-7-5-4-6-8-20/h4-12,16,22,24,30H,13-15H2,1-3H3/t16-,22-,24+/m0/s1. The van der Waals surface area contributed by atoms with E-state index in [4.69, 9.17) is 14.2 Å². The summed E-state index contributed by atoms with van der Waals surface area (Å²) < 4.78 is 29.7. The molecule has 1 aliphatic heterocycles. The maximum absolute atomic E-state index is 13.7. The highest BCUT2D eigenvalue weighted by atomic mass is 19.1. The van der Waals surface area contributed by atoms with E-state index in [1.54, 1.807) is 19.1 Å². The van der Waals surface area contributed by atoms with Crippen molar-refractivity contribution in [2.24, 2.45) is 11.8 Å². The maximum Gasteiger partial charge on any atom is 0.336 e. The molecule has 1 N–H and O–H groups in total. The smallest absolute Gasteiger partial charge is 0.336 e. The molecule has 4 rings (SSSR count). The minimum atomic E-state index is -0.992. The topological polar surface area (TPSA) is 90.9 Å². The minimum Gasteiger partial charge on any atom is -0.490 e. The van der Waals surface area contributed by atoms with E-state index in [1.165, 1.54) is 31.4 Å². The first-order valence-corrected chi connectivity index (χ1v) is 11.7. The molecular weight excluding hydrogens is 465 g/mol. The van der Waals surface area contributed by atoms with Crippen LogP contribution in [0.2, 0.25) is 0 Å². The van der Waals surface area contributed by atoms with Gasteiger partial charge in [0.05, 0.1) is 12.7 Å². The Labute approximate surface area is 208 Å². The molecule has 0 radical (unpaired) electrons. The highest BCUT2D eigenvalue weighted by Gasteiger charge is 2.47. The first kappa shape index (κ1) is 25.2. The van der Waals surface area contributed by atoms with Crippen molar-refractivity contribution in [3.05, 3.63) is 88.5 Å². The molecule has 0 fully saturated rings. The summed E-state index contributed by atoms with van der Waals surface area (Å²) in [7, 11) is 1.24. The SMILES string of the molecule is COC(=O)[C@@H]1C(=O)C2=C(C[C@@H]1C)NC(C)=C(C(=O)OCCOc1ccccc1)[C@H]2c1ccc(F)cc1. The number of rotatable bonds is 7. The van der Waals surface area contributed by atoms with Gasteiger partial charge in [-0.05, 0) is 49.1 Å². The zero-order valence-electron chi connectivity index (χ0n) is 20.4. The molecule has 1 aliphatic carbocycles. The van der Waals surface area contributed by atoms with E-state index in [0.717, 1.165) is 0 Å². The summed E-state index contributed by atoms with van der Waals surface area (Å²) in [6.07, 6.45) is 0.420. The van der Waals surface area contributed by atoms with Gasteiger partial charge in [-0.1, -0.05) is 37.3 Å². The molecule has 0 bridgehead atoms. The van der Waals surface area contributed by atoms with Crippen LogP contribution < -0.4 is 10.1 Å². The summed E-state index contributed by atoms with van der Waals surface area (Å²) in [5.74, 6) is -3.56. The number of hydrogen-bond donors (Lipinski definition) is 1. The summed E-state index contributed by atoms with van der Waals surface area (Å²) in [6, 6.07) is 14.8. The van der Waals surface area contributed by atoms with Crippen molar-refractivity contribution >= 4 is 17.7 Å². The van der Waals surface area contributed by atoms with Crippen molar-refractivity contribution in [3.63, 3.8) is 0 Å². The fourth-order valence-corrected chi connectivity index (χ4v) is 4.83. The van der Waals surface area contributed by atoms with Gasteiger partial charge in [-0.25, -0.2) is 9.18 Å². The lowest BCUT2D eigenvalue weighted by Crippen LogP contribution is -2.43. The number of hydrogen-bond acceptors (Lipinski definition) is 7. The van der Waals surface area contributed by atoms with E-state index in [2.05, 4.69) is 5.32 Å². The zero-order valence-corrected chi connectivity index (χ0v) is 20.4. The molecule has 0 aromatic heterocycles. The number of nitrogens with one attached hydrogen (secondary N) is 1. The Morgan fingerprint density at radius 2 is 1.75 bits per heavy atom. The van der Waals surface area contributed by atoms with Crippen LogP contribution in [0.25, 0.3) is 0 Å². The number of allylic oxidation sites excluding steroid dienone is 3. The van der Waals surface area contributed by atoms with Crippen LogP contribution >= 0.6 is 0 Å². The van der Waals surface area contributed by atoms with E-state index in [0.29, 0.717) is 34.7 Å². The predicted octanol–water partition coefficient (Wildman–Crippen LogP) is 4.06. The van der Waals surface area contributed by atoms with Crippen molar-refractivity contribution in [1.29, 1.82) is 0 Å². The Morgan fingerprint density at radius 1 is 1.06 bits per heavy atom. The third kappa shape index (κ3) is 5.03. The number of halogens is 1. The van der Waals surface area contributed by atoms with E-state index < -0.39 is 35.4 Å². The lowest BCUT2D eigenvalue weighted by atomic mass is 9.69. The summed E-state index contributed by atoms with van der Waals surface area (Å²) in [5.41, 5.74) is 2.25. The molecule has 0 spiro atoms. The van der Waals surface area contributed by atoms with Crippen LogP contribution in [0.15, 0.2) is 77.1 Å². The number of ether oxygens (including phenoxy) is 3. The molecule has 2 aromatic carbocycles. The Balaban J connectivity index is 1.63. The Morgan fingerprint density at radius 3 is 2.42 bits per heavy atom. The van der Waals surface area contributed by atoms with Crippen molar-refractivity contribution in [1.82, 2.24) is 5.32 Å². The summed E-state index contributed by atoms with van der Waals surface area (Å²) >= 11 is 0. The molecule has 2 aromatic rings. The number of dihydropyridines is 1. The van der Waals surface area contributed by atoms with Crippen LogP contribution in [0.4, 0.5) is 4.39 Å². The van der Waals surface area contributed by atoms with E-state index in [-0.39, 0.29) is 24.7 Å². The molecule has 0 saturated heterocycles. The maximum atomic E-state index is 13.7. The molecule has 2 aliphatic rings. The van der Waals surface area contributed by atoms with Gasteiger partial charge in [0.1, 0.15) is 30.7 Å². The summed E-state index contributed by atoms with van der Waals surface area (Å²) in [4.78, 5) is 39.4. The number of ketones is 1. The van der Waals surface area contributed by atoms with Gasteiger partial charge in [0, 0.05) is 22.9 Å². The second-order valence-corrected chi connectivity index (χ2v) is 8.88. The highest BCUT2D eigenvalue weighted by molar-refractivity contribution is 6.12. The number of methoxy groups -OCH3 is 1. The monoisotopic (exact) mass is 493 g/mol. The van der Waals surface area contributed by atoms with E-state index in [1.807, 2.05) is 25.1 Å². The van der Waals surface area contributed by atoms with Gasteiger partial charge >= 0.3 is 11.9 Å². The van der Waals surface area contributed by atoms with Crippen LogP contribution in [-0.2, 0) is 23.9 Å². The third-order valence-electron chi connectivity index (χ3n) is 6.49. The average molecular weight is 494 g/mol. The van der Waals surface area contributed by atoms with Crippen molar-refractivity contribution in [2.75, 3.05) is 20.3 Å². The summed E-state index contributed by atoms with van der Waals surface area (Å²) in [6.45, 7) is 3.68. The first-order chi connectivity index (χ1) is 17.3. The quantitative estimate of drug-likeness (QED) is 0.353. The fourth-order valence-electron chi connectivity index (χ4n) is 4.83. The molecular formula is C28H28FNO6. The van der Waals surface area contributed by atoms with Gasteiger partial charge in [-0.3, -0.25) is 9.59 Å². The number of para-hydroxylation sites is 1. The second kappa shape index (κ2) is 10.8. The lowest BCUT2D eigenvalue weighted by Gasteiger charge is -2.38. The molecule has 1 heterocycles. The zero-order chi connectivity index (χ0) is 25.8. The van der Waals surface area contributed by atoms with Crippen LogP contribution in [-0.4, -0.2) is 38.0 Å². The molecule has 3 atom stereocenters. The van der Waals surface area contributed by atoms with Gasteiger partial charge < -0.3 is 19.5 Å². The normalized spacial score (nSPS) is 21.4. The second-order valence-electron chi connectivity index (χ2n) is 8.88. The van der Waals surface area contributed by atoms with Crippen LogP contribution in [0.5, 0.6) is 5.75 Å². The minimum absolute atomic E-state index is 0.0116. The Kier molecular flexibility index (Phi) is 7.52. The number of esters is 2. The molecule has 188 valence electrons. The van der Waals surface area contributed by atoms with Crippen molar-refractivity contribution in [3.8, 4) is 5.75 Å². The molecule has 0 unspecified atom stereocenters. The fraction of sp³-hybridized carbons (Fsp3) is 0.321. The largest absolute Gasteiger partial charge is 0.490 e.